The molecule has 94 valence electrons. The first-order chi connectivity index (χ1) is 8.18. The van der Waals surface area contributed by atoms with Crippen molar-refractivity contribution >= 4 is 0 Å². The van der Waals surface area contributed by atoms with Crippen LogP contribution in [0.25, 0.3) is 0 Å². The minimum absolute atomic E-state index is 0.223. The fourth-order valence-corrected chi connectivity index (χ4v) is 2.60. The number of aromatic hydroxyl groups is 1. The Bertz CT molecular complexity index is 374. The van der Waals surface area contributed by atoms with E-state index in [9.17, 15) is 9.50 Å². The van der Waals surface area contributed by atoms with Crippen molar-refractivity contribution in [2.24, 2.45) is 5.92 Å². The summed E-state index contributed by atoms with van der Waals surface area (Å²) < 4.78 is 13.1. The lowest BCUT2D eigenvalue weighted by Gasteiger charge is -2.20. The number of nitrogens with one attached hydrogen (secondary N) is 1. The first-order valence-corrected chi connectivity index (χ1v) is 6.38. The maximum absolute atomic E-state index is 13.1. The lowest BCUT2D eigenvalue weighted by atomic mass is 9.99. The van der Waals surface area contributed by atoms with Crippen LogP contribution in [0.2, 0.25) is 0 Å². The van der Waals surface area contributed by atoms with Gasteiger partial charge >= 0.3 is 0 Å². The topological polar surface area (TPSA) is 32.3 Å². The van der Waals surface area contributed by atoms with Crippen molar-refractivity contribution in [1.29, 1.82) is 0 Å². The fraction of sp³-hybridized carbons (Fsp3) is 0.571. The average molecular weight is 237 g/mol. The summed E-state index contributed by atoms with van der Waals surface area (Å²) in [5.41, 5.74) is 0.634. The summed E-state index contributed by atoms with van der Waals surface area (Å²) in [5, 5.41) is 12.9. The number of phenols is 1. The Morgan fingerprint density at radius 1 is 1.41 bits per heavy atom. The molecule has 2 nitrogen and oxygen atoms in total. The van der Waals surface area contributed by atoms with E-state index in [2.05, 4.69) is 12.2 Å². The van der Waals surface area contributed by atoms with Crippen molar-refractivity contribution in [2.45, 2.75) is 45.2 Å². The number of benzene rings is 1. The van der Waals surface area contributed by atoms with E-state index in [-0.39, 0.29) is 5.75 Å². The normalized spacial score (nSPS) is 18.5. The van der Waals surface area contributed by atoms with Crippen molar-refractivity contribution in [3.05, 3.63) is 29.6 Å². The van der Waals surface area contributed by atoms with Gasteiger partial charge in [-0.2, -0.15) is 0 Å². The van der Waals surface area contributed by atoms with E-state index < -0.39 is 5.82 Å². The van der Waals surface area contributed by atoms with Crippen LogP contribution in [0.3, 0.4) is 0 Å². The number of hydrogen-bond donors (Lipinski definition) is 2. The number of hydrogen-bond acceptors (Lipinski definition) is 2. The number of rotatable bonds is 4. The molecular formula is C14H20FNO. The SMILES string of the molecule is C[C@H](NCc1cccc(F)c1O)C1CCCC1. The summed E-state index contributed by atoms with van der Waals surface area (Å²) >= 11 is 0. The van der Waals surface area contributed by atoms with Crippen LogP contribution in [0.1, 0.15) is 38.2 Å². The third kappa shape index (κ3) is 2.97. The van der Waals surface area contributed by atoms with E-state index in [1.807, 2.05) is 0 Å². The molecule has 1 atom stereocenters. The average Bonchev–Trinajstić information content (AvgIpc) is 2.84. The molecule has 0 bridgehead atoms. The Kier molecular flexibility index (Phi) is 4.00. The summed E-state index contributed by atoms with van der Waals surface area (Å²) in [6.45, 7) is 2.70. The molecular weight excluding hydrogens is 217 g/mol. The third-order valence-corrected chi connectivity index (χ3v) is 3.79. The molecule has 0 unspecified atom stereocenters. The lowest BCUT2D eigenvalue weighted by Crippen LogP contribution is -2.31. The fourth-order valence-electron chi connectivity index (χ4n) is 2.60. The van der Waals surface area contributed by atoms with Gasteiger partial charge in [0.25, 0.3) is 0 Å². The molecule has 1 aromatic rings. The summed E-state index contributed by atoms with van der Waals surface area (Å²) in [5.74, 6) is -0.0397. The van der Waals surface area contributed by atoms with Crippen molar-refractivity contribution in [3.63, 3.8) is 0 Å². The molecule has 0 amide bonds. The quantitative estimate of drug-likeness (QED) is 0.842. The third-order valence-electron chi connectivity index (χ3n) is 3.79. The minimum Gasteiger partial charge on any atom is -0.505 e. The minimum atomic E-state index is -0.544. The van der Waals surface area contributed by atoms with E-state index in [0.717, 1.165) is 5.92 Å². The second-order valence-corrected chi connectivity index (χ2v) is 4.96. The van der Waals surface area contributed by atoms with Crippen LogP contribution >= 0.6 is 0 Å². The second-order valence-electron chi connectivity index (χ2n) is 4.96. The van der Waals surface area contributed by atoms with Gasteiger partial charge in [-0.1, -0.05) is 25.0 Å². The summed E-state index contributed by atoms with van der Waals surface area (Å²) in [6.07, 6.45) is 5.20. The first-order valence-electron chi connectivity index (χ1n) is 6.38. The largest absolute Gasteiger partial charge is 0.505 e. The Balaban J connectivity index is 1.90. The van der Waals surface area contributed by atoms with Gasteiger partial charge in [0.15, 0.2) is 11.6 Å². The molecule has 1 saturated carbocycles. The van der Waals surface area contributed by atoms with Gasteiger partial charge in [-0.05, 0) is 31.7 Å². The van der Waals surface area contributed by atoms with Gasteiger partial charge in [0.1, 0.15) is 0 Å². The summed E-state index contributed by atoms with van der Waals surface area (Å²) in [6, 6.07) is 5.10. The van der Waals surface area contributed by atoms with E-state index in [1.165, 1.54) is 31.7 Å². The standard InChI is InChI=1S/C14H20FNO/c1-10(11-5-2-3-6-11)16-9-12-7-4-8-13(15)14(12)17/h4,7-8,10-11,16-17H,2-3,5-6,9H2,1H3/t10-/m0/s1. The van der Waals surface area contributed by atoms with Crippen molar-refractivity contribution in [2.75, 3.05) is 0 Å². The van der Waals surface area contributed by atoms with E-state index in [1.54, 1.807) is 12.1 Å². The van der Waals surface area contributed by atoms with Gasteiger partial charge in [0, 0.05) is 18.2 Å². The van der Waals surface area contributed by atoms with Crippen molar-refractivity contribution in [1.82, 2.24) is 5.32 Å². The molecule has 0 aromatic heterocycles. The smallest absolute Gasteiger partial charge is 0.165 e. The molecule has 1 fully saturated rings. The van der Waals surface area contributed by atoms with E-state index >= 15 is 0 Å². The van der Waals surface area contributed by atoms with Crippen LogP contribution in [0, 0.1) is 11.7 Å². The Labute approximate surface area is 102 Å². The van der Waals surface area contributed by atoms with E-state index in [4.69, 9.17) is 0 Å². The highest BCUT2D eigenvalue weighted by atomic mass is 19.1. The maximum Gasteiger partial charge on any atom is 0.165 e. The molecule has 3 heteroatoms. The molecule has 0 aliphatic heterocycles. The Morgan fingerprint density at radius 3 is 2.82 bits per heavy atom. The summed E-state index contributed by atoms with van der Waals surface area (Å²) in [7, 11) is 0. The predicted molar refractivity (Wildman–Crippen MR) is 66.3 cm³/mol. The van der Waals surface area contributed by atoms with Crippen LogP contribution in [-0.2, 0) is 6.54 Å². The van der Waals surface area contributed by atoms with Gasteiger partial charge in [0.2, 0.25) is 0 Å². The Hall–Kier alpha value is -1.09. The molecule has 0 saturated heterocycles. The first kappa shape index (κ1) is 12.4. The highest BCUT2D eigenvalue weighted by Crippen LogP contribution is 2.28. The Morgan fingerprint density at radius 2 is 2.12 bits per heavy atom. The number of phenolic OH excluding ortho intramolecular Hbond substituents is 1. The highest BCUT2D eigenvalue weighted by molar-refractivity contribution is 5.33. The molecule has 0 spiro atoms. The number of para-hydroxylation sites is 1. The maximum atomic E-state index is 13.1. The zero-order valence-corrected chi connectivity index (χ0v) is 10.2. The van der Waals surface area contributed by atoms with Crippen molar-refractivity contribution < 1.29 is 9.50 Å². The van der Waals surface area contributed by atoms with Crippen LogP contribution in [0.15, 0.2) is 18.2 Å². The summed E-state index contributed by atoms with van der Waals surface area (Å²) in [4.78, 5) is 0. The molecule has 0 heterocycles. The van der Waals surface area contributed by atoms with Crippen LogP contribution in [-0.4, -0.2) is 11.1 Å². The monoisotopic (exact) mass is 237 g/mol. The van der Waals surface area contributed by atoms with Crippen LogP contribution < -0.4 is 5.32 Å². The molecule has 0 radical (unpaired) electrons. The molecule has 17 heavy (non-hydrogen) atoms. The van der Waals surface area contributed by atoms with Crippen LogP contribution in [0.5, 0.6) is 5.75 Å². The second kappa shape index (κ2) is 5.50. The van der Waals surface area contributed by atoms with Gasteiger partial charge in [-0.3, -0.25) is 0 Å². The van der Waals surface area contributed by atoms with Gasteiger partial charge in [-0.15, -0.1) is 0 Å². The molecule has 1 aromatic carbocycles. The van der Waals surface area contributed by atoms with E-state index in [0.29, 0.717) is 18.2 Å². The lowest BCUT2D eigenvalue weighted by molar-refractivity contribution is 0.372. The van der Waals surface area contributed by atoms with Crippen LogP contribution in [0.4, 0.5) is 4.39 Å². The molecule has 1 aliphatic carbocycles. The van der Waals surface area contributed by atoms with Gasteiger partial charge < -0.3 is 10.4 Å². The zero-order chi connectivity index (χ0) is 12.3. The molecule has 2 N–H and O–H groups in total. The molecule has 2 rings (SSSR count). The van der Waals surface area contributed by atoms with Crippen molar-refractivity contribution in [3.8, 4) is 5.75 Å². The highest BCUT2D eigenvalue weighted by Gasteiger charge is 2.21. The molecule has 1 aliphatic rings. The number of halogens is 1. The van der Waals surface area contributed by atoms with Gasteiger partial charge in [0.05, 0.1) is 0 Å². The predicted octanol–water partition coefficient (Wildman–Crippen LogP) is 3.20. The van der Waals surface area contributed by atoms with Gasteiger partial charge in [-0.25, -0.2) is 4.39 Å². The zero-order valence-electron chi connectivity index (χ0n) is 10.2.